The van der Waals surface area contributed by atoms with Crippen molar-refractivity contribution in [3.05, 3.63) is 72.3 Å². The number of anilines is 2. The lowest BCUT2D eigenvalue weighted by atomic mass is 10.1. The lowest BCUT2D eigenvalue weighted by molar-refractivity contribution is 0.0978. The summed E-state index contributed by atoms with van der Waals surface area (Å²) < 4.78 is 0. The molecule has 0 bridgehead atoms. The molecule has 5 heteroatoms. The zero-order valence-corrected chi connectivity index (χ0v) is 15.8. The van der Waals surface area contributed by atoms with Crippen molar-refractivity contribution < 1.29 is 4.79 Å². The second-order valence-electron chi connectivity index (χ2n) is 6.71. The van der Waals surface area contributed by atoms with Crippen molar-refractivity contribution in [3.63, 3.8) is 0 Å². The Morgan fingerprint density at radius 2 is 1.67 bits per heavy atom. The molecule has 0 aromatic heterocycles. The predicted molar refractivity (Wildman–Crippen MR) is 116 cm³/mol. The van der Waals surface area contributed by atoms with Crippen LogP contribution in [0.4, 0.5) is 11.4 Å². The maximum Gasteiger partial charge on any atom is 0.257 e. The van der Waals surface area contributed by atoms with Gasteiger partial charge >= 0.3 is 0 Å². The highest BCUT2D eigenvalue weighted by Crippen LogP contribution is 2.23. The van der Waals surface area contributed by atoms with Crippen LogP contribution in [0.25, 0.3) is 10.8 Å². The number of rotatable bonds is 3. The third-order valence-corrected chi connectivity index (χ3v) is 5.02. The van der Waals surface area contributed by atoms with Crippen LogP contribution in [-0.4, -0.2) is 24.1 Å². The van der Waals surface area contributed by atoms with Gasteiger partial charge in [-0.3, -0.25) is 10.1 Å². The van der Waals surface area contributed by atoms with Crippen LogP contribution in [0.1, 0.15) is 23.2 Å². The molecule has 27 heavy (non-hydrogen) atoms. The monoisotopic (exact) mass is 375 g/mol. The molecule has 4 nitrogen and oxygen atoms in total. The first-order valence-corrected chi connectivity index (χ1v) is 9.56. The molecule has 1 aliphatic heterocycles. The van der Waals surface area contributed by atoms with Crippen LogP contribution in [0.2, 0.25) is 0 Å². The van der Waals surface area contributed by atoms with Gasteiger partial charge in [-0.15, -0.1) is 0 Å². The number of nitrogens with zero attached hydrogens (tertiary/aromatic N) is 1. The SMILES string of the molecule is O=C(NC(=S)Nc1cccc(N2CCCC2)c1)c1ccc2ccccc2c1. The predicted octanol–water partition coefficient (Wildman–Crippen LogP) is 4.57. The summed E-state index contributed by atoms with van der Waals surface area (Å²) in [6.45, 7) is 2.18. The molecular formula is C22H21N3OS. The van der Waals surface area contributed by atoms with Gasteiger partial charge in [-0.2, -0.15) is 0 Å². The first-order valence-electron chi connectivity index (χ1n) is 9.15. The number of fused-ring (bicyclic) bond motifs is 1. The second kappa shape index (κ2) is 7.76. The molecule has 3 aromatic rings. The molecule has 1 fully saturated rings. The van der Waals surface area contributed by atoms with Gasteiger partial charge in [0.05, 0.1) is 0 Å². The molecule has 0 spiro atoms. The molecule has 1 heterocycles. The van der Waals surface area contributed by atoms with Gasteiger partial charge in [0.15, 0.2) is 5.11 Å². The van der Waals surface area contributed by atoms with E-state index < -0.39 is 0 Å². The van der Waals surface area contributed by atoms with E-state index in [-0.39, 0.29) is 5.91 Å². The normalized spacial score (nSPS) is 13.6. The average Bonchev–Trinajstić information content (AvgIpc) is 3.22. The molecular weight excluding hydrogens is 354 g/mol. The third-order valence-electron chi connectivity index (χ3n) is 4.81. The molecule has 2 N–H and O–H groups in total. The topological polar surface area (TPSA) is 44.4 Å². The largest absolute Gasteiger partial charge is 0.371 e. The zero-order chi connectivity index (χ0) is 18.6. The van der Waals surface area contributed by atoms with Gasteiger partial charge in [0.25, 0.3) is 5.91 Å². The molecule has 1 amide bonds. The van der Waals surface area contributed by atoms with Crippen LogP contribution < -0.4 is 15.5 Å². The zero-order valence-electron chi connectivity index (χ0n) is 14.9. The molecule has 0 saturated carbocycles. The minimum Gasteiger partial charge on any atom is -0.371 e. The van der Waals surface area contributed by atoms with E-state index >= 15 is 0 Å². The Bertz CT molecular complexity index is 996. The summed E-state index contributed by atoms with van der Waals surface area (Å²) in [5.74, 6) is -0.214. The Labute approximate surface area is 164 Å². The van der Waals surface area contributed by atoms with Gasteiger partial charge < -0.3 is 10.2 Å². The van der Waals surface area contributed by atoms with E-state index in [4.69, 9.17) is 12.2 Å². The molecule has 0 atom stereocenters. The fraction of sp³-hybridized carbons (Fsp3) is 0.182. The quantitative estimate of drug-likeness (QED) is 0.659. The molecule has 0 radical (unpaired) electrons. The Balaban J connectivity index is 1.42. The highest BCUT2D eigenvalue weighted by Gasteiger charge is 2.13. The van der Waals surface area contributed by atoms with Crippen LogP contribution in [0.5, 0.6) is 0 Å². The van der Waals surface area contributed by atoms with E-state index in [0.717, 1.165) is 29.5 Å². The van der Waals surface area contributed by atoms with Crippen LogP contribution in [0, 0.1) is 0 Å². The van der Waals surface area contributed by atoms with E-state index in [1.807, 2.05) is 54.6 Å². The van der Waals surface area contributed by atoms with E-state index in [9.17, 15) is 4.79 Å². The van der Waals surface area contributed by atoms with Crippen molar-refractivity contribution >= 4 is 45.4 Å². The van der Waals surface area contributed by atoms with Crippen LogP contribution >= 0.6 is 12.2 Å². The molecule has 1 saturated heterocycles. The maximum absolute atomic E-state index is 12.5. The summed E-state index contributed by atoms with van der Waals surface area (Å²) in [4.78, 5) is 14.9. The Morgan fingerprint density at radius 1 is 0.889 bits per heavy atom. The number of hydrogen-bond acceptors (Lipinski definition) is 3. The van der Waals surface area contributed by atoms with Crippen LogP contribution in [0.15, 0.2) is 66.7 Å². The Hall–Kier alpha value is -2.92. The maximum atomic E-state index is 12.5. The number of carbonyl (C=O) groups excluding carboxylic acids is 1. The lowest BCUT2D eigenvalue weighted by Crippen LogP contribution is -2.34. The van der Waals surface area contributed by atoms with Gasteiger partial charge in [-0.1, -0.05) is 36.4 Å². The van der Waals surface area contributed by atoms with Gasteiger partial charge in [0, 0.05) is 30.0 Å². The smallest absolute Gasteiger partial charge is 0.257 e. The summed E-state index contributed by atoms with van der Waals surface area (Å²) in [6, 6.07) is 21.7. The summed E-state index contributed by atoms with van der Waals surface area (Å²) in [7, 11) is 0. The lowest BCUT2D eigenvalue weighted by Gasteiger charge is -2.19. The first kappa shape index (κ1) is 17.5. The van der Waals surface area contributed by atoms with E-state index in [0.29, 0.717) is 10.7 Å². The molecule has 0 aliphatic carbocycles. The van der Waals surface area contributed by atoms with E-state index in [2.05, 4.69) is 27.7 Å². The average molecular weight is 375 g/mol. The molecule has 1 aliphatic rings. The fourth-order valence-corrected chi connectivity index (χ4v) is 3.63. The Kier molecular flexibility index (Phi) is 5.03. The third kappa shape index (κ3) is 4.09. The molecule has 136 valence electrons. The summed E-state index contributed by atoms with van der Waals surface area (Å²) in [5.41, 5.74) is 2.65. The summed E-state index contributed by atoms with van der Waals surface area (Å²) >= 11 is 5.33. The molecule has 3 aromatic carbocycles. The fourth-order valence-electron chi connectivity index (χ4n) is 3.42. The number of thiocarbonyl (C=S) groups is 1. The van der Waals surface area contributed by atoms with Crippen molar-refractivity contribution in [2.75, 3.05) is 23.3 Å². The Morgan fingerprint density at radius 3 is 2.48 bits per heavy atom. The second-order valence-corrected chi connectivity index (χ2v) is 7.12. The van der Waals surface area contributed by atoms with Gasteiger partial charge in [0.1, 0.15) is 0 Å². The van der Waals surface area contributed by atoms with Crippen molar-refractivity contribution in [1.29, 1.82) is 0 Å². The molecule has 0 unspecified atom stereocenters. The van der Waals surface area contributed by atoms with Gasteiger partial charge in [0.2, 0.25) is 0 Å². The van der Waals surface area contributed by atoms with Crippen LogP contribution in [0.3, 0.4) is 0 Å². The van der Waals surface area contributed by atoms with Crippen molar-refractivity contribution in [2.45, 2.75) is 12.8 Å². The van der Waals surface area contributed by atoms with Crippen molar-refractivity contribution in [2.24, 2.45) is 0 Å². The number of amides is 1. The van der Waals surface area contributed by atoms with Crippen LogP contribution in [-0.2, 0) is 0 Å². The highest BCUT2D eigenvalue weighted by molar-refractivity contribution is 7.80. The number of benzene rings is 3. The first-order chi connectivity index (χ1) is 13.2. The number of nitrogens with one attached hydrogen (secondary N) is 2. The standard InChI is InChI=1S/C22H21N3OS/c26-21(18-11-10-16-6-1-2-7-17(16)14-18)24-22(27)23-19-8-5-9-20(15-19)25-12-3-4-13-25/h1-2,5-11,14-15H,3-4,12-13H2,(H2,23,24,26,27). The van der Waals surface area contributed by atoms with E-state index in [1.165, 1.54) is 18.5 Å². The minimum absolute atomic E-state index is 0.214. The summed E-state index contributed by atoms with van der Waals surface area (Å²) in [5, 5.41) is 8.32. The minimum atomic E-state index is -0.214. The number of hydrogen-bond donors (Lipinski definition) is 2. The van der Waals surface area contributed by atoms with Crippen molar-refractivity contribution in [3.8, 4) is 0 Å². The summed E-state index contributed by atoms with van der Waals surface area (Å²) in [6.07, 6.45) is 2.47. The van der Waals surface area contributed by atoms with Gasteiger partial charge in [-0.05, 0) is 66.2 Å². The highest BCUT2D eigenvalue weighted by atomic mass is 32.1. The molecule has 4 rings (SSSR count). The number of carbonyl (C=O) groups is 1. The van der Waals surface area contributed by atoms with Gasteiger partial charge in [-0.25, -0.2) is 0 Å². The van der Waals surface area contributed by atoms with Crippen molar-refractivity contribution in [1.82, 2.24) is 5.32 Å². The van der Waals surface area contributed by atoms with E-state index in [1.54, 1.807) is 0 Å².